The molecule has 0 N–H and O–H groups in total. The topological polar surface area (TPSA) is 0 Å². The van der Waals surface area contributed by atoms with Crippen molar-refractivity contribution in [1.29, 1.82) is 0 Å². The summed E-state index contributed by atoms with van der Waals surface area (Å²) in [5, 5.41) is 10.7. The van der Waals surface area contributed by atoms with Gasteiger partial charge >= 0.3 is 0 Å². The predicted molar refractivity (Wildman–Crippen MR) is 150 cm³/mol. The van der Waals surface area contributed by atoms with Gasteiger partial charge in [-0.15, -0.1) is 0 Å². The van der Waals surface area contributed by atoms with Crippen LogP contribution in [0.2, 0.25) is 0 Å². The Kier molecular flexibility index (Phi) is 4.14. The molecular formula is C33H23Br. The maximum absolute atomic E-state index is 3.57. The Morgan fingerprint density at radius 2 is 1.15 bits per heavy atom. The van der Waals surface area contributed by atoms with Crippen LogP contribution >= 0.6 is 15.9 Å². The number of halogens is 1. The van der Waals surface area contributed by atoms with Crippen molar-refractivity contribution in [2.24, 2.45) is 5.41 Å². The molecule has 5 aromatic carbocycles. The molecule has 0 bridgehead atoms. The maximum Gasteiger partial charge on any atom is 0.0175 e. The van der Waals surface area contributed by atoms with Crippen LogP contribution in [0.25, 0.3) is 49.5 Å². The van der Waals surface area contributed by atoms with Gasteiger partial charge in [-0.3, -0.25) is 0 Å². The molecule has 0 heterocycles. The van der Waals surface area contributed by atoms with E-state index in [1.807, 2.05) is 0 Å². The van der Waals surface area contributed by atoms with E-state index in [0.717, 1.165) is 4.47 Å². The minimum atomic E-state index is -0.0609. The van der Waals surface area contributed by atoms with E-state index in [1.54, 1.807) is 0 Å². The van der Waals surface area contributed by atoms with Crippen LogP contribution in [0.5, 0.6) is 0 Å². The molecule has 0 saturated carbocycles. The van der Waals surface area contributed by atoms with Gasteiger partial charge in [0.05, 0.1) is 0 Å². The van der Waals surface area contributed by atoms with Crippen LogP contribution in [0.1, 0.15) is 19.4 Å². The van der Waals surface area contributed by atoms with E-state index in [2.05, 4.69) is 133 Å². The summed E-state index contributed by atoms with van der Waals surface area (Å²) < 4.78 is 1.11. The van der Waals surface area contributed by atoms with Crippen molar-refractivity contribution in [2.45, 2.75) is 13.8 Å². The lowest BCUT2D eigenvalue weighted by Gasteiger charge is -2.29. The Balaban J connectivity index is 1.57. The normalized spacial score (nSPS) is 16.3. The number of benzene rings is 5. The molecule has 5 aromatic rings. The second-order valence-electron chi connectivity index (χ2n) is 10.0. The van der Waals surface area contributed by atoms with Gasteiger partial charge in [-0.05, 0) is 101 Å². The molecule has 34 heavy (non-hydrogen) atoms. The summed E-state index contributed by atoms with van der Waals surface area (Å²) in [6, 6.07) is 31.2. The Bertz CT molecular complexity index is 1860. The maximum atomic E-state index is 3.57. The van der Waals surface area contributed by atoms with Crippen molar-refractivity contribution in [2.75, 3.05) is 0 Å². The number of hydrogen-bond acceptors (Lipinski definition) is 0. The fourth-order valence-corrected chi connectivity index (χ4v) is 6.28. The van der Waals surface area contributed by atoms with Crippen molar-refractivity contribution < 1.29 is 0 Å². The highest BCUT2D eigenvalue weighted by atomic mass is 79.9. The minimum Gasteiger partial charge on any atom is -0.0665 e. The van der Waals surface area contributed by atoms with Crippen LogP contribution in [0.4, 0.5) is 0 Å². The van der Waals surface area contributed by atoms with Gasteiger partial charge < -0.3 is 0 Å². The lowest BCUT2D eigenvalue weighted by Crippen LogP contribution is -2.28. The van der Waals surface area contributed by atoms with Gasteiger partial charge in [0, 0.05) is 9.89 Å². The van der Waals surface area contributed by atoms with E-state index in [1.165, 1.54) is 65.0 Å². The molecule has 0 radical (unpaired) electrons. The monoisotopic (exact) mass is 498 g/mol. The summed E-state index contributed by atoms with van der Waals surface area (Å²) in [5.41, 5.74) is 5.26. The highest BCUT2D eigenvalue weighted by Crippen LogP contribution is 2.44. The average Bonchev–Trinajstić information content (AvgIpc) is 3.21. The zero-order valence-corrected chi connectivity index (χ0v) is 20.8. The van der Waals surface area contributed by atoms with Gasteiger partial charge in [0.25, 0.3) is 0 Å². The average molecular weight is 499 g/mol. The zero-order valence-electron chi connectivity index (χ0n) is 19.2. The van der Waals surface area contributed by atoms with Crippen LogP contribution in [-0.4, -0.2) is 0 Å². The molecule has 2 aliphatic rings. The van der Waals surface area contributed by atoms with Crippen molar-refractivity contribution >= 4 is 65.5 Å². The first-order valence-corrected chi connectivity index (χ1v) is 12.6. The molecule has 0 unspecified atom stereocenters. The molecule has 2 aliphatic carbocycles. The van der Waals surface area contributed by atoms with Gasteiger partial charge in [-0.2, -0.15) is 0 Å². The van der Waals surface area contributed by atoms with E-state index < -0.39 is 0 Å². The third-order valence-electron chi connectivity index (χ3n) is 7.43. The van der Waals surface area contributed by atoms with Crippen molar-refractivity contribution in [3.8, 4) is 0 Å². The highest BCUT2D eigenvalue weighted by molar-refractivity contribution is 9.10. The molecule has 7 rings (SSSR count). The van der Waals surface area contributed by atoms with Crippen molar-refractivity contribution in [3.05, 3.63) is 123 Å². The lowest BCUT2D eigenvalue weighted by atomic mass is 9.74. The molecule has 0 nitrogen and oxygen atoms in total. The van der Waals surface area contributed by atoms with Gasteiger partial charge in [0.15, 0.2) is 0 Å². The Hall–Kier alpha value is -3.42. The fourth-order valence-electron chi connectivity index (χ4n) is 6.01. The molecule has 0 spiro atoms. The second-order valence-corrected chi connectivity index (χ2v) is 10.9. The van der Waals surface area contributed by atoms with Gasteiger partial charge in [0.1, 0.15) is 0 Å². The largest absolute Gasteiger partial charge is 0.0665 e. The summed E-state index contributed by atoms with van der Waals surface area (Å²) >= 11 is 3.57. The van der Waals surface area contributed by atoms with Gasteiger partial charge in [0.2, 0.25) is 0 Å². The number of allylic oxidation sites excluding steroid dienone is 4. The molecule has 162 valence electrons. The predicted octanol–water partition coefficient (Wildman–Crippen LogP) is 7.90. The number of hydrogen-bond donors (Lipinski definition) is 0. The van der Waals surface area contributed by atoms with Crippen LogP contribution in [0.15, 0.2) is 107 Å². The highest BCUT2D eigenvalue weighted by Gasteiger charge is 2.30. The quantitative estimate of drug-likeness (QED) is 0.206. The van der Waals surface area contributed by atoms with Crippen molar-refractivity contribution in [1.82, 2.24) is 0 Å². The molecule has 1 heteroatoms. The smallest absolute Gasteiger partial charge is 0.0175 e. The Morgan fingerprint density at radius 1 is 0.588 bits per heavy atom. The molecule has 0 fully saturated rings. The van der Waals surface area contributed by atoms with Crippen LogP contribution in [0.3, 0.4) is 0 Å². The van der Waals surface area contributed by atoms with Gasteiger partial charge in [-0.1, -0.05) is 96.5 Å². The van der Waals surface area contributed by atoms with E-state index in [9.17, 15) is 0 Å². The molecule has 0 aromatic heterocycles. The van der Waals surface area contributed by atoms with Crippen molar-refractivity contribution in [3.63, 3.8) is 0 Å². The molecule has 0 amide bonds. The summed E-state index contributed by atoms with van der Waals surface area (Å²) in [4.78, 5) is 0. The number of rotatable bonds is 1. The first kappa shape index (κ1) is 20.0. The minimum absolute atomic E-state index is 0.0609. The van der Waals surface area contributed by atoms with E-state index >= 15 is 0 Å². The molecular weight excluding hydrogens is 476 g/mol. The van der Waals surface area contributed by atoms with E-state index in [0.29, 0.717) is 0 Å². The molecule has 0 aliphatic heterocycles. The van der Waals surface area contributed by atoms with Crippen LogP contribution < -0.4 is 10.4 Å². The zero-order chi connectivity index (χ0) is 23.0. The standard InChI is InChI=1S/C33H23Br/c1-33(2)19-23(20-11-13-24(34)14-12-20)16-22-15-21-17-30-27-9-5-3-7-25(27)26-8-4-6-10-28(26)31(30)18-29(21)32(22)33/h3-19H,1-2H3. The van der Waals surface area contributed by atoms with E-state index in [-0.39, 0.29) is 5.41 Å². The summed E-state index contributed by atoms with van der Waals surface area (Å²) in [6.45, 7) is 4.69. The SMILES string of the molecule is CC1(C)C=C(c2ccc(Br)cc2)C=C2C=c3cc4c5ccccc5c5ccccc5c4cc3=C21. The number of fused-ring (bicyclic) bond motifs is 8. The van der Waals surface area contributed by atoms with E-state index in [4.69, 9.17) is 0 Å². The molecule has 0 saturated heterocycles. The van der Waals surface area contributed by atoms with Crippen LogP contribution in [0, 0.1) is 5.41 Å². The first-order valence-electron chi connectivity index (χ1n) is 11.8. The Labute approximate surface area is 207 Å². The lowest BCUT2D eigenvalue weighted by molar-refractivity contribution is 0.647. The van der Waals surface area contributed by atoms with Crippen LogP contribution in [-0.2, 0) is 0 Å². The molecule has 0 atom stereocenters. The summed E-state index contributed by atoms with van der Waals surface area (Å²) in [6.07, 6.45) is 7.19. The summed E-state index contributed by atoms with van der Waals surface area (Å²) in [5.74, 6) is 0. The van der Waals surface area contributed by atoms with Gasteiger partial charge in [-0.25, -0.2) is 0 Å². The third kappa shape index (κ3) is 2.83. The first-order chi connectivity index (χ1) is 16.5. The second kappa shape index (κ2) is 7.04. The Morgan fingerprint density at radius 3 is 1.76 bits per heavy atom. The summed E-state index contributed by atoms with van der Waals surface area (Å²) in [7, 11) is 0. The third-order valence-corrected chi connectivity index (χ3v) is 7.96. The fraction of sp³-hybridized carbons (Fsp3) is 0.0909.